The molecule has 0 aliphatic carbocycles. The van der Waals surface area contributed by atoms with Gasteiger partial charge >= 0.3 is 0 Å². The summed E-state index contributed by atoms with van der Waals surface area (Å²) in [5, 5.41) is 15.8. The largest absolute Gasteiger partial charge is 0.475 e. The highest BCUT2D eigenvalue weighted by Crippen LogP contribution is 2.11. The quantitative estimate of drug-likeness (QED) is 0.505. The number of anilines is 1. The van der Waals surface area contributed by atoms with Crippen LogP contribution in [-0.2, 0) is 11.3 Å². The second-order valence-corrected chi connectivity index (χ2v) is 9.40. The Morgan fingerprint density at radius 2 is 2.17 bits per heavy atom. The number of carbonyl (C=O) groups is 1. The second kappa shape index (κ2) is 11.8. The standard InChI is InChI=1S/C25H30N6O3S/c1-2-31-24(33)21(35-25(31)20(16-26)23-28-10-14-34-23)17-29-19-8-5-7-18(15-19)22(32)27-9-6-13-30-11-3-4-12-30/h5,7-8,15,17,29H,2-4,6,9-14H2,1H3,(H,27,32)/b21-17+,25-20-. The molecule has 2 aromatic rings. The van der Waals surface area contributed by atoms with E-state index in [4.69, 9.17) is 4.74 Å². The number of nitrogens with zero attached hydrogens (tertiary/aromatic N) is 4. The average molecular weight is 495 g/mol. The van der Waals surface area contributed by atoms with Crippen molar-refractivity contribution in [3.8, 4) is 6.07 Å². The first-order chi connectivity index (χ1) is 17.1. The zero-order valence-corrected chi connectivity index (χ0v) is 20.7. The second-order valence-electron chi connectivity index (χ2n) is 8.37. The molecule has 3 heterocycles. The van der Waals surface area contributed by atoms with Gasteiger partial charge in [0.25, 0.3) is 11.5 Å². The molecule has 184 valence electrons. The summed E-state index contributed by atoms with van der Waals surface area (Å²) >= 11 is 1.21. The van der Waals surface area contributed by atoms with Crippen LogP contribution in [0.3, 0.4) is 0 Å². The van der Waals surface area contributed by atoms with Gasteiger partial charge in [0.1, 0.15) is 27.4 Å². The number of aromatic nitrogens is 1. The van der Waals surface area contributed by atoms with Gasteiger partial charge in [0.05, 0.1) is 6.54 Å². The van der Waals surface area contributed by atoms with Gasteiger partial charge in [0.2, 0.25) is 5.90 Å². The fourth-order valence-corrected chi connectivity index (χ4v) is 5.26. The highest BCUT2D eigenvalue weighted by atomic mass is 32.1. The SMILES string of the molecule is CCn1c(=O)/c(=C\Nc2cccc(C(=O)NCCCN3CCCC3)c2)s/c1=C(/C#N)C1=NCCO1. The van der Waals surface area contributed by atoms with Gasteiger partial charge in [0, 0.05) is 30.5 Å². The lowest BCUT2D eigenvalue weighted by molar-refractivity contribution is 0.0952. The van der Waals surface area contributed by atoms with E-state index >= 15 is 0 Å². The molecular weight excluding hydrogens is 464 g/mol. The normalized spacial score (nSPS) is 17.0. The van der Waals surface area contributed by atoms with Gasteiger partial charge in [-0.2, -0.15) is 5.26 Å². The van der Waals surface area contributed by atoms with Gasteiger partial charge in [-0.15, -0.1) is 11.3 Å². The third kappa shape index (κ3) is 5.99. The van der Waals surface area contributed by atoms with Crippen molar-refractivity contribution in [3.05, 3.63) is 49.4 Å². The summed E-state index contributed by atoms with van der Waals surface area (Å²) in [7, 11) is 0. The lowest BCUT2D eigenvalue weighted by Gasteiger charge is -2.14. The van der Waals surface area contributed by atoms with Gasteiger partial charge in [-0.05, 0) is 64.0 Å². The summed E-state index contributed by atoms with van der Waals surface area (Å²) in [6, 6.07) is 9.30. The maximum absolute atomic E-state index is 12.9. The molecule has 1 fully saturated rings. The molecule has 2 N–H and O–H groups in total. The Hall–Kier alpha value is -3.42. The lowest BCUT2D eigenvalue weighted by atomic mass is 10.2. The number of ether oxygens (including phenoxy) is 1. The van der Waals surface area contributed by atoms with E-state index in [-0.39, 0.29) is 22.9 Å². The Kier molecular flexibility index (Phi) is 8.34. The first-order valence-corrected chi connectivity index (χ1v) is 12.8. The van der Waals surface area contributed by atoms with Gasteiger partial charge in [-0.25, -0.2) is 4.99 Å². The Balaban J connectivity index is 1.47. The minimum Gasteiger partial charge on any atom is -0.475 e. The predicted octanol–water partition coefficient (Wildman–Crippen LogP) is 1.10. The average Bonchev–Trinajstić information content (AvgIpc) is 3.64. The molecule has 0 saturated carbocycles. The molecule has 1 saturated heterocycles. The summed E-state index contributed by atoms with van der Waals surface area (Å²) in [6.07, 6.45) is 5.08. The number of aliphatic imine (C=N–C) groups is 1. The van der Waals surface area contributed by atoms with Crippen LogP contribution in [0.2, 0.25) is 0 Å². The monoisotopic (exact) mass is 494 g/mol. The number of nitriles is 1. The van der Waals surface area contributed by atoms with Crippen LogP contribution in [0.25, 0.3) is 11.8 Å². The van der Waals surface area contributed by atoms with Crippen LogP contribution in [0.1, 0.15) is 36.5 Å². The van der Waals surface area contributed by atoms with Crippen molar-refractivity contribution in [1.82, 2.24) is 14.8 Å². The molecule has 1 amide bonds. The topological polar surface area (TPSA) is 112 Å². The van der Waals surface area contributed by atoms with Gasteiger partial charge in [-0.1, -0.05) is 6.07 Å². The maximum atomic E-state index is 12.9. The molecule has 1 aromatic carbocycles. The highest BCUT2D eigenvalue weighted by Gasteiger charge is 2.18. The fourth-order valence-electron chi connectivity index (χ4n) is 4.18. The van der Waals surface area contributed by atoms with E-state index in [0.29, 0.717) is 46.7 Å². The molecule has 0 bridgehead atoms. The van der Waals surface area contributed by atoms with Crippen LogP contribution in [0.4, 0.5) is 5.69 Å². The van der Waals surface area contributed by atoms with Crippen LogP contribution in [0.15, 0.2) is 34.1 Å². The molecule has 0 unspecified atom stereocenters. The number of benzene rings is 1. The Bertz CT molecular complexity index is 1310. The minimum absolute atomic E-state index is 0.118. The third-order valence-electron chi connectivity index (χ3n) is 5.98. The molecule has 10 heteroatoms. The first-order valence-electron chi connectivity index (χ1n) is 12.0. The lowest BCUT2D eigenvalue weighted by Crippen LogP contribution is -2.32. The Labute approximate surface area is 208 Å². The van der Waals surface area contributed by atoms with Crippen LogP contribution in [-0.4, -0.2) is 60.6 Å². The Morgan fingerprint density at radius 3 is 2.89 bits per heavy atom. The number of amides is 1. The third-order valence-corrected chi connectivity index (χ3v) is 7.11. The van der Waals surface area contributed by atoms with Crippen molar-refractivity contribution in [2.75, 3.05) is 44.6 Å². The molecule has 9 nitrogen and oxygen atoms in total. The number of carbonyl (C=O) groups excluding carboxylic acids is 1. The fraction of sp³-hybridized carbons (Fsp3) is 0.440. The van der Waals surface area contributed by atoms with E-state index in [2.05, 4.69) is 26.6 Å². The van der Waals surface area contributed by atoms with E-state index in [1.165, 1.54) is 24.2 Å². The van der Waals surface area contributed by atoms with Crippen LogP contribution >= 0.6 is 11.3 Å². The zero-order chi connectivity index (χ0) is 24.6. The van der Waals surface area contributed by atoms with E-state index in [9.17, 15) is 14.9 Å². The molecule has 0 radical (unpaired) electrons. The van der Waals surface area contributed by atoms with E-state index in [0.717, 1.165) is 26.1 Å². The van der Waals surface area contributed by atoms with Crippen molar-refractivity contribution in [3.63, 3.8) is 0 Å². The number of nitrogens with one attached hydrogen (secondary N) is 2. The van der Waals surface area contributed by atoms with E-state index in [1.54, 1.807) is 29.0 Å². The zero-order valence-electron chi connectivity index (χ0n) is 19.9. The number of hydrogen-bond acceptors (Lipinski definition) is 8. The smallest absolute Gasteiger partial charge is 0.270 e. The molecule has 0 spiro atoms. The Morgan fingerprint density at radius 1 is 1.34 bits per heavy atom. The van der Waals surface area contributed by atoms with Crippen molar-refractivity contribution in [2.45, 2.75) is 32.7 Å². The van der Waals surface area contributed by atoms with E-state index < -0.39 is 0 Å². The molecule has 4 rings (SSSR count). The summed E-state index contributed by atoms with van der Waals surface area (Å²) in [5.41, 5.74) is 1.33. The van der Waals surface area contributed by atoms with Crippen molar-refractivity contribution in [2.24, 2.45) is 4.99 Å². The summed E-state index contributed by atoms with van der Waals surface area (Å²) < 4.78 is 7.97. The molecule has 35 heavy (non-hydrogen) atoms. The van der Waals surface area contributed by atoms with Gasteiger partial charge in [0.15, 0.2) is 0 Å². The number of likely N-dealkylation sites (tertiary alicyclic amines) is 1. The first kappa shape index (κ1) is 24.7. The number of hydrogen-bond donors (Lipinski definition) is 2. The molecular formula is C25H30N6O3S. The van der Waals surface area contributed by atoms with Crippen molar-refractivity contribution < 1.29 is 9.53 Å². The number of rotatable bonds is 9. The van der Waals surface area contributed by atoms with Gasteiger partial charge in [-0.3, -0.25) is 14.2 Å². The summed E-state index contributed by atoms with van der Waals surface area (Å²) in [5.74, 6) is 0.169. The van der Waals surface area contributed by atoms with Crippen molar-refractivity contribution >= 4 is 40.6 Å². The van der Waals surface area contributed by atoms with Crippen LogP contribution < -0.4 is 25.4 Å². The van der Waals surface area contributed by atoms with E-state index in [1.807, 2.05) is 13.0 Å². The van der Waals surface area contributed by atoms with Gasteiger partial charge < -0.3 is 20.3 Å². The molecule has 1 aromatic heterocycles. The molecule has 0 atom stereocenters. The number of thiazole rings is 1. The van der Waals surface area contributed by atoms with Crippen molar-refractivity contribution in [1.29, 1.82) is 5.26 Å². The highest BCUT2D eigenvalue weighted by molar-refractivity contribution is 7.07. The predicted molar refractivity (Wildman–Crippen MR) is 138 cm³/mol. The molecule has 2 aliphatic rings. The summed E-state index contributed by atoms with van der Waals surface area (Å²) in [4.78, 5) is 32.2. The minimum atomic E-state index is -0.196. The maximum Gasteiger partial charge on any atom is 0.270 e. The van der Waals surface area contributed by atoms with Crippen LogP contribution in [0.5, 0.6) is 0 Å². The molecule has 2 aliphatic heterocycles. The summed E-state index contributed by atoms with van der Waals surface area (Å²) in [6.45, 7) is 7.19. The van der Waals surface area contributed by atoms with Crippen LogP contribution in [0, 0.1) is 11.3 Å².